The van der Waals surface area contributed by atoms with Crippen molar-refractivity contribution in [2.24, 2.45) is 0 Å². The molecule has 6 heteroatoms. The van der Waals surface area contributed by atoms with E-state index in [4.69, 9.17) is 0 Å². The van der Waals surface area contributed by atoms with E-state index in [9.17, 15) is 9.90 Å². The lowest BCUT2D eigenvalue weighted by atomic mass is 10.1. The maximum atomic E-state index is 10.9. The van der Waals surface area contributed by atoms with E-state index in [1.165, 1.54) is 0 Å². The van der Waals surface area contributed by atoms with Gasteiger partial charge in [0.1, 0.15) is 17.7 Å². The van der Waals surface area contributed by atoms with Crippen LogP contribution >= 0.6 is 0 Å². The smallest absolute Gasteiger partial charge is 0.172 e. The fraction of sp³-hybridized carbons (Fsp3) is 0.0556. The Morgan fingerprint density at radius 1 is 1.17 bits per heavy atom. The van der Waals surface area contributed by atoms with Gasteiger partial charge < -0.3 is 10.1 Å². The summed E-state index contributed by atoms with van der Waals surface area (Å²) in [6, 6.07) is 12.9. The highest BCUT2D eigenvalue weighted by Crippen LogP contribution is 2.35. The van der Waals surface area contributed by atoms with Gasteiger partial charge in [-0.1, -0.05) is 23.8 Å². The summed E-state index contributed by atoms with van der Waals surface area (Å²) in [5.41, 5.74) is 4.79. The summed E-state index contributed by atoms with van der Waals surface area (Å²) >= 11 is 0. The molecule has 2 heterocycles. The number of nitrogens with one attached hydrogen (secondary N) is 2. The number of benzene rings is 2. The lowest BCUT2D eigenvalue weighted by molar-refractivity contribution is 0.112. The Balaban J connectivity index is 1.81. The molecule has 24 heavy (non-hydrogen) atoms. The lowest BCUT2D eigenvalue weighted by Crippen LogP contribution is -1.81. The Morgan fingerprint density at radius 2 is 2.04 bits per heavy atom. The number of hydrogen-bond donors (Lipinski definition) is 3. The topological polar surface area (TPSA) is 94.7 Å². The minimum Gasteiger partial charge on any atom is -0.504 e. The van der Waals surface area contributed by atoms with Gasteiger partial charge in [-0.25, -0.2) is 4.98 Å². The van der Waals surface area contributed by atoms with E-state index in [2.05, 4.69) is 20.2 Å². The minimum absolute atomic E-state index is 0.0373. The molecule has 2 aromatic heterocycles. The number of rotatable bonds is 3. The molecular weight excluding hydrogens is 304 g/mol. The van der Waals surface area contributed by atoms with Crippen molar-refractivity contribution in [2.45, 2.75) is 6.92 Å². The first-order valence-corrected chi connectivity index (χ1v) is 7.45. The number of aromatic nitrogens is 4. The summed E-state index contributed by atoms with van der Waals surface area (Å²) in [4.78, 5) is 18.4. The van der Waals surface area contributed by atoms with Crippen LogP contribution in [-0.2, 0) is 0 Å². The number of carbonyl (C=O) groups is 1. The summed E-state index contributed by atoms with van der Waals surface area (Å²) in [7, 11) is 0. The van der Waals surface area contributed by atoms with E-state index in [0.717, 1.165) is 22.9 Å². The van der Waals surface area contributed by atoms with Gasteiger partial charge >= 0.3 is 0 Å². The Hall–Kier alpha value is -3.41. The quantitative estimate of drug-likeness (QED) is 0.504. The van der Waals surface area contributed by atoms with Crippen molar-refractivity contribution in [3.63, 3.8) is 0 Å². The predicted octanol–water partition coefficient (Wildman–Crippen LogP) is 3.45. The number of H-pyrrole nitrogens is 2. The zero-order chi connectivity index (χ0) is 16.7. The number of aromatic hydroxyl groups is 1. The Morgan fingerprint density at radius 3 is 2.83 bits per heavy atom. The Bertz CT molecular complexity index is 1060. The third kappa shape index (κ3) is 2.25. The van der Waals surface area contributed by atoms with Gasteiger partial charge in [0, 0.05) is 11.1 Å². The predicted molar refractivity (Wildman–Crippen MR) is 90.9 cm³/mol. The molecule has 0 unspecified atom stereocenters. The molecule has 0 radical (unpaired) electrons. The minimum atomic E-state index is 0.0373. The normalized spacial score (nSPS) is 11.0. The number of fused-ring (bicyclic) bond motifs is 1. The second-order valence-corrected chi connectivity index (χ2v) is 5.65. The molecule has 0 aliphatic rings. The van der Waals surface area contributed by atoms with E-state index in [1.807, 2.05) is 31.2 Å². The molecule has 0 amide bonds. The van der Waals surface area contributed by atoms with Gasteiger partial charge in [0.15, 0.2) is 11.6 Å². The molecule has 0 saturated carbocycles. The van der Waals surface area contributed by atoms with Crippen LogP contribution in [0.5, 0.6) is 5.75 Å². The van der Waals surface area contributed by atoms with Crippen LogP contribution in [0.2, 0.25) is 0 Å². The second kappa shape index (κ2) is 5.34. The fourth-order valence-corrected chi connectivity index (χ4v) is 2.71. The first-order chi connectivity index (χ1) is 11.7. The number of carbonyl (C=O) groups excluding carboxylic acids is 1. The number of imidazole rings is 1. The third-order valence-corrected chi connectivity index (χ3v) is 3.91. The van der Waals surface area contributed by atoms with Crippen LogP contribution in [0, 0.1) is 6.92 Å². The highest BCUT2D eigenvalue weighted by molar-refractivity contribution is 5.87. The zero-order valence-electron chi connectivity index (χ0n) is 12.9. The molecule has 118 valence electrons. The molecule has 3 N–H and O–H groups in total. The Labute approximate surface area is 137 Å². The molecule has 0 atom stereocenters. The van der Waals surface area contributed by atoms with Gasteiger partial charge in [0.2, 0.25) is 0 Å². The standard InChI is InChI=1S/C18H14N4O2/c1-10-3-2-4-12(7-10)15-17(24)16(22-21-15)18-19-13-6-5-11(9-23)8-14(13)20-18/h2-9,24H,1H3,(H,19,20)(H,21,22). The van der Waals surface area contributed by atoms with E-state index >= 15 is 0 Å². The first-order valence-electron chi connectivity index (χ1n) is 7.45. The maximum absolute atomic E-state index is 10.9. The van der Waals surface area contributed by atoms with Crippen molar-refractivity contribution >= 4 is 17.3 Å². The van der Waals surface area contributed by atoms with Gasteiger partial charge in [0.05, 0.1) is 11.0 Å². The summed E-state index contributed by atoms with van der Waals surface area (Å²) in [5, 5.41) is 17.6. The highest BCUT2D eigenvalue weighted by Gasteiger charge is 2.18. The van der Waals surface area contributed by atoms with Crippen LogP contribution in [-0.4, -0.2) is 31.6 Å². The Kier molecular flexibility index (Phi) is 3.16. The summed E-state index contributed by atoms with van der Waals surface area (Å²) in [5.74, 6) is 0.507. The molecule has 6 nitrogen and oxygen atoms in total. The van der Waals surface area contributed by atoms with Crippen LogP contribution in [0.15, 0.2) is 42.5 Å². The fourth-order valence-electron chi connectivity index (χ4n) is 2.71. The van der Waals surface area contributed by atoms with Crippen LogP contribution in [0.1, 0.15) is 15.9 Å². The van der Waals surface area contributed by atoms with Crippen LogP contribution in [0.25, 0.3) is 33.8 Å². The van der Waals surface area contributed by atoms with Gasteiger partial charge in [-0.3, -0.25) is 9.89 Å². The summed E-state index contributed by atoms with van der Waals surface area (Å²) in [6.07, 6.45) is 0.781. The average molecular weight is 318 g/mol. The van der Waals surface area contributed by atoms with Crippen LogP contribution in [0.3, 0.4) is 0 Å². The molecule has 4 aromatic rings. The summed E-state index contributed by atoms with van der Waals surface area (Å²) in [6.45, 7) is 1.98. The molecule has 0 fully saturated rings. The second-order valence-electron chi connectivity index (χ2n) is 5.65. The molecular formula is C18H14N4O2. The highest BCUT2D eigenvalue weighted by atomic mass is 16.3. The molecule has 2 aromatic carbocycles. The lowest BCUT2D eigenvalue weighted by Gasteiger charge is -1.99. The van der Waals surface area contributed by atoms with E-state index in [-0.39, 0.29) is 5.75 Å². The number of nitrogens with zero attached hydrogens (tertiary/aromatic N) is 2. The van der Waals surface area contributed by atoms with Crippen molar-refractivity contribution in [2.75, 3.05) is 0 Å². The SMILES string of the molecule is Cc1cccc(-c2n[nH]c(-c3nc4ccc(C=O)cc4[nH]3)c2O)c1. The maximum Gasteiger partial charge on any atom is 0.172 e. The van der Waals surface area contributed by atoms with Crippen LogP contribution < -0.4 is 0 Å². The van der Waals surface area contributed by atoms with E-state index in [0.29, 0.717) is 28.3 Å². The van der Waals surface area contributed by atoms with E-state index in [1.54, 1.807) is 18.2 Å². The largest absolute Gasteiger partial charge is 0.504 e. The summed E-state index contributed by atoms with van der Waals surface area (Å²) < 4.78 is 0. The number of aldehydes is 1. The third-order valence-electron chi connectivity index (χ3n) is 3.91. The molecule has 4 rings (SSSR count). The van der Waals surface area contributed by atoms with Crippen LogP contribution in [0.4, 0.5) is 0 Å². The van der Waals surface area contributed by atoms with Crippen molar-refractivity contribution < 1.29 is 9.90 Å². The molecule has 0 aliphatic carbocycles. The van der Waals surface area contributed by atoms with Gasteiger partial charge in [0.25, 0.3) is 0 Å². The van der Waals surface area contributed by atoms with Crippen molar-refractivity contribution in [1.82, 2.24) is 20.2 Å². The molecule has 0 bridgehead atoms. The molecule has 0 aliphatic heterocycles. The van der Waals surface area contributed by atoms with Crippen molar-refractivity contribution in [3.8, 4) is 28.5 Å². The van der Waals surface area contributed by atoms with Gasteiger partial charge in [-0.2, -0.15) is 5.10 Å². The molecule has 0 saturated heterocycles. The van der Waals surface area contributed by atoms with Crippen molar-refractivity contribution in [3.05, 3.63) is 53.6 Å². The average Bonchev–Trinajstić information content (AvgIpc) is 3.17. The molecule has 0 spiro atoms. The van der Waals surface area contributed by atoms with E-state index < -0.39 is 0 Å². The zero-order valence-corrected chi connectivity index (χ0v) is 12.9. The first kappa shape index (κ1) is 14.2. The number of aryl methyl sites for hydroxylation is 1. The van der Waals surface area contributed by atoms with Crippen molar-refractivity contribution in [1.29, 1.82) is 0 Å². The number of aromatic amines is 2. The van der Waals surface area contributed by atoms with Gasteiger partial charge in [-0.05, 0) is 31.2 Å². The number of hydrogen-bond acceptors (Lipinski definition) is 4. The monoisotopic (exact) mass is 318 g/mol. The van der Waals surface area contributed by atoms with Gasteiger partial charge in [-0.15, -0.1) is 0 Å².